The van der Waals surface area contributed by atoms with Crippen LogP contribution in [-0.4, -0.2) is 25.2 Å². The van der Waals surface area contributed by atoms with Gasteiger partial charge in [-0.25, -0.2) is 9.59 Å². The van der Waals surface area contributed by atoms with Crippen molar-refractivity contribution < 1.29 is 19.1 Å². The molecule has 0 aliphatic carbocycles. The lowest BCUT2D eigenvalue weighted by Crippen LogP contribution is -2.08. The summed E-state index contributed by atoms with van der Waals surface area (Å²) < 4.78 is 12.1. The molecule has 0 radical (unpaired) electrons. The molecule has 0 bridgehead atoms. The predicted molar refractivity (Wildman–Crippen MR) is 103 cm³/mol. The van der Waals surface area contributed by atoms with Crippen molar-refractivity contribution in [2.45, 2.75) is 19.3 Å². The lowest BCUT2D eigenvalue weighted by Gasteiger charge is -2.06. The van der Waals surface area contributed by atoms with Gasteiger partial charge in [0.15, 0.2) is 0 Å². The molecule has 4 nitrogen and oxygen atoms in total. The molecule has 6 heteroatoms. The lowest BCUT2D eigenvalue weighted by molar-refractivity contribution is 0.0478. The zero-order valence-corrected chi connectivity index (χ0v) is 16.7. The minimum absolute atomic E-state index is 0.331. The summed E-state index contributed by atoms with van der Waals surface area (Å²) in [5.41, 5.74) is 1.05. The van der Waals surface area contributed by atoms with Crippen molar-refractivity contribution in [1.29, 1.82) is 0 Å². The van der Waals surface area contributed by atoms with E-state index >= 15 is 0 Å². The van der Waals surface area contributed by atoms with Gasteiger partial charge in [0.1, 0.15) is 0 Å². The highest BCUT2D eigenvalue weighted by molar-refractivity contribution is 9.10. The first-order chi connectivity index (χ1) is 12.1. The Morgan fingerprint density at radius 2 is 1.16 bits per heavy atom. The fourth-order valence-corrected chi connectivity index (χ4v) is 2.91. The second kappa shape index (κ2) is 10.4. The third-order valence-corrected chi connectivity index (χ3v) is 4.36. The van der Waals surface area contributed by atoms with Crippen molar-refractivity contribution in [3.05, 3.63) is 68.6 Å². The number of carbonyl (C=O) groups excluding carboxylic acids is 2. The van der Waals surface area contributed by atoms with E-state index in [0.717, 1.165) is 28.2 Å². The Bertz CT molecular complexity index is 669. The molecular weight excluding hydrogens is 452 g/mol. The Hall–Kier alpha value is -1.66. The molecule has 25 heavy (non-hydrogen) atoms. The molecule has 0 spiro atoms. The summed E-state index contributed by atoms with van der Waals surface area (Å²) in [4.78, 5) is 23.7. The van der Waals surface area contributed by atoms with Gasteiger partial charge < -0.3 is 9.47 Å². The number of halogens is 2. The van der Waals surface area contributed by atoms with Crippen LogP contribution in [-0.2, 0) is 9.47 Å². The number of rotatable bonds is 8. The summed E-state index contributed by atoms with van der Waals surface area (Å²) in [7, 11) is 0. The number of carbonyl (C=O) groups is 2. The average Bonchev–Trinajstić information content (AvgIpc) is 2.60. The molecule has 0 saturated carbocycles. The molecular formula is C19H18Br2O4. The van der Waals surface area contributed by atoms with E-state index in [1.807, 2.05) is 12.1 Å². The molecule has 132 valence electrons. The van der Waals surface area contributed by atoms with Crippen LogP contribution < -0.4 is 0 Å². The standard InChI is InChI=1S/C19H18Br2O4/c20-16-8-4-6-14(12-16)18(22)24-10-2-1-3-11-25-19(23)15-7-5-9-17(21)13-15/h4-9,12-13H,1-3,10-11H2. The molecule has 0 aliphatic rings. The fourth-order valence-electron chi connectivity index (χ4n) is 2.11. The van der Waals surface area contributed by atoms with Gasteiger partial charge in [-0.3, -0.25) is 0 Å². The first-order valence-electron chi connectivity index (χ1n) is 7.91. The van der Waals surface area contributed by atoms with Crippen molar-refractivity contribution >= 4 is 43.8 Å². The highest BCUT2D eigenvalue weighted by Crippen LogP contribution is 2.14. The fraction of sp³-hybridized carbons (Fsp3) is 0.263. The van der Waals surface area contributed by atoms with Gasteiger partial charge >= 0.3 is 11.9 Å². The SMILES string of the molecule is O=C(OCCCCCOC(=O)c1cccc(Br)c1)c1cccc(Br)c1. The predicted octanol–water partition coefficient (Wildman–Crippen LogP) is 5.40. The van der Waals surface area contributed by atoms with Gasteiger partial charge in [-0.2, -0.15) is 0 Å². The molecule has 0 aliphatic heterocycles. The van der Waals surface area contributed by atoms with Gasteiger partial charge in [-0.1, -0.05) is 44.0 Å². The van der Waals surface area contributed by atoms with E-state index in [1.165, 1.54) is 0 Å². The van der Waals surface area contributed by atoms with Crippen LogP contribution in [0.4, 0.5) is 0 Å². The zero-order valence-electron chi connectivity index (χ0n) is 13.5. The second-order valence-electron chi connectivity index (χ2n) is 5.35. The Morgan fingerprint density at radius 3 is 1.56 bits per heavy atom. The van der Waals surface area contributed by atoms with Crippen LogP contribution in [0.25, 0.3) is 0 Å². The maximum atomic E-state index is 11.8. The van der Waals surface area contributed by atoms with Gasteiger partial charge in [0, 0.05) is 8.95 Å². The first kappa shape index (κ1) is 19.7. The molecule has 0 heterocycles. The van der Waals surface area contributed by atoms with Gasteiger partial charge in [0.05, 0.1) is 24.3 Å². The van der Waals surface area contributed by atoms with Gasteiger partial charge in [-0.05, 0) is 55.7 Å². The van der Waals surface area contributed by atoms with Crippen LogP contribution in [0.2, 0.25) is 0 Å². The average molecular weight is 470 g/mol. The van der Waals surface area contributed by atoms with Crippen molar-refractivity contribution in [2.75, 3.05) is 13.2 Å². The van der Waals surface area contributed by atoms with Crippen LogP contribution in [0, 0.1) is 0 Å². The molecule has 2 aromatic rings. The number of benzene rings is 2. The van der Waals surface area contributed by atoms with Crippen LogP contribution in [0.3, 0.4) is 0 Å². The van der Waals surface area contributed by atoms with E-state index in [9.17, 15) is 9.59 Å². The van der Waals surface area contributed by atoms with Crippen LogP contribution >= 0.6 is 31.9 Å². The van der Waals surface area contributed by atoms with Gasteiger partial charge in [-0.15, -0.1) is 0 Å². The molecule has 0 saturated heterocycles. The molecule has 0 atom stereocenters. The normalized spacial score (nSPS) is 10.3. The molecule has 0 unspecified atom stereocenters. The molecule has 2 rings (SSSR count). The maximum absolute atomic E-state index is 11.8. The summed E-state index contributed by atoms with van der Waals surface area (Å²) in [6.07, 6.45) is 2.28. The number of ether oxygens (including phenoxy) is 2. The van der Waals surface area contributed by atoms with Gasteiger partial charge in [0.25, 0.3) is 0 Å². The zero-order chi connectivity index (χ0) is 18.1. The van der Waals surface area contributed by atoms with Crippen LogP contribution in [0.5, 0.6) is 0 Å². The van der Waals surface area contributed by atoms with Crippen molar-refractivity contribution in [1.82, 2.24) is 0 Å². The third kappa shape index (κ3) is 7.00. The number of unbranched alkanes of at least 4 members (excludes halogenated alkanes) is 2. The van der Waals surface area contributed by atoms with Crippen LogP contribution in [0.1, 0.15) is 40.0 Å². The first-order valence-corrected chi connectivity index (χ1v) is 9.50. The van der Waals surface area contributed by atoms with E-state index in [1.54, 1.807) is 36.4 Å². The molecule has 2 aromatic carbocycles. The summed E-state index contributed by atoms with van der Waals surface area (Å²) in [6.45, 7) is 0.704. The Morgan fingerprint density at radius 1 is 0.720 bits per heavy atom. The summed E-state index contributed by atoms with van der Waals surface area (Å²) in [6, 6.07) is 14.2. The molecule has 0 aromatic heterocycles. The summed E-state index contributed by atoms with van der Waals surface area (Å²) in [5, 5.41) is 0. The van der Waals surface area contributed by atoms with Crippen molar-refractivity contribution in [3.63, 3.8) is 0 Å². The highest BCUT2D eigenvalue weighted by atomic mass is 79.9. The Kier molecular flexibility index (Phi) is 8.15. The van der Waals surface area contributed by atoms with E-state index in [2.05, 4.69) is 31.9 Å². The maximum Gasteiger partial charge on any atom is 0.338 e. The molecule has 0 N–H and O–H groups in total. The van der Waals surface area contributed by atoms with E-state index < -0.39 is 0 Å². The van der Waals surface area contributed by atoms with E-state index in [4.69, 9.17) is 9.47 Å². The summed E-state index contributed by atoms with van der Waals surface area (Å²) >= 11 is 6.64. The minimum Gasteiger partial charge on any atom is -0.462 e. The number of hydrogen-bond acceptors (Lipinski definition) is 4. The highest BCUT2D eigenvalue weighted by Gasteiger charge is 2.08. The Balaban J connectivity index is 1.58. The van der Waals surface area contributed by atoms with E-state index in [0.29, 0.717) is 24.3 Å². The van der Waals surface area contributed by atoms with Gasteiger partial charge in [0.2, 0.25) is 0 Å². The smallest absolute Gasteiger partial charge is 0.338 e. The topological polar surface area (TPSA) is 52.6 Å². The largest absolute Gasteiger partial charge is 0.462 e. The number of esters is 2. The summed E-state index contributed by atoms with van der Waals surface area (Å²) in [5.74, 6) is -0.662. The van der Waals surface area contributed by atoms with Crippen molar-refractivity contribution in [3.8, 4) is 0 Å². The van der Waals surface area contributed by atoms with E-state index in [-0.39, 0.29) is 11.9 Å². The monoisotopic (exact) mass is 468 g/mol. The second-order valence-corrected chi connectivity index (χ2v) is 7.18. The molecule has 0 fully saturated rings. The molecule has 0 amide bonds. The van der Waals surface area contributed by atoms with Crippen LogP contribution in [0.15, 0.2) is 57.5 Å². The van der Waals surface area contributed by atoms with Crippen molar-refractivity contribution in [2.24, 2.45) is 0 Å². The Labute approximate surface area is 163 Å². The third-order valence-electron chi connectivity index (χ3n) is 3.38. The quantitative estimate of drug-likeness (QED) is 0.384. The number of hydrogen-bond donors (Lipinski definition) is 0. The minimum atomic E-state index is -0.331. The lowest BCUT2D eigenvalue weighted by atomic mass is 10.2.